The van der Waals surface area contributed by atoms with Crippen molar-refractivity contribution in [2.24, 2.45) is 5.10 Å². The first-order valence-corrected chi connectivity index (χ1v) is 9.60. The zero-order valence-electron chi connectivity index (χ0n) is 15.0. The summed E-state index contributed by atoms with van der Waals surface area (Å²) in [6.07, 6.45) is 1.48. The molecule has 0 atom stereocenters. The minimum absolute atomic E-state index is 0.00909. The van der Waals surface area contributed by atoms with E-state index in [1.165, 1.54) is 23.0 Å². The van der Waals surface area contributed by atoms with E-state index in [-0.39, 0.29) is 10.5 Å². The Morgan fingerprint density at radius 2 is 1.93 bits per heavy atom. The molecule has 0 aliphatic heterocycles. The number of H-pyrrole nitrogens is 1. The second kappa shape index (κ2) is 8.23. The van der Waals surface area contributed by atoms with Crippen LogP contribution in [0.4, 0.5) is 5.69 Å². The monoisotopic (exact) mass is 459 g/mol. The zero-order chi connectivity index (χ0) is 21.3. The van der Waals surface area contributed by atoms with Crippen LogP contribution in [0, 0.1) is 14.9 Å². The second-order valence-corrected chi connectivity index (χ2v) is 7.27. The molecule has 0 spiro atoms. The number of halogens is 2. The Bertz CT molecular complexity index is 1320. The molecular formula is C19H11Cl2N5O3S. The number of non-ortho nitro benzene ring substituents is 1. The van der Waals surface area contributed by atoms with Gasteiger partial charge in [0.2, 0.25) is 4.77 Å². The van der Waals surface area contributed by atoms with Crippen molar-refractivity contribution in [1.29, 1.82) is 0 Å². The third kappa shape index (κ3) is 4.04. The molecule has 0 radical (unpaired) electrons. The lowest BCUT2D eigenvalue weighted by Crippen LogP contribution is -1.95. The number of nitro benzene ring substituents is 1. The molecule has 0 aliphatic rings. The molecule has 11 heteroatoms. The van der Waals surface area contributed by atoms with Crippen LogP contribution in [-0.4, -0.2) is 26.0 Å². The first kappa shape index (κ1) is 20.0. The van der Waals surface area contributed by atoms with Crippen molar-refractivity contribution < 1.29 is 9.34 Å². The molecule has 8 nitrogen and oxygen atoms in total. The van der Waals surface area contributed by atoms with E-state index >= 15 is 0 Å². The Morgan fingerprint density at radius 1 is 1.17 bits per heavy atom. The van der Waals surface area contributed by atoms with Crippen LogP contribution >= 0.6 is 35.4 Å². The maximum atomic E-state index is 10.8. The van der Waals surface area contributed by atoms with Gasteiger partial charge in [0.15, 0.2) is 5.82 Å². The molecule has 4 aromatic rings. The van der Waals surface area contributed by atoms with Gasteiger partial charge >= 0.3 is 0 Å². The third-order valence-corrected chi connectivity index (χ3v) is 4.92. The zero-order valence-corrected chi connectivity index (χ0v) is 17.3. The van der Waals surface area contributed by atoms with Crippen LogP contribution in [0.3, 0.4) is 0 Å². The summed E-state index contributed by atoms with van der Waals surface area (Å²) in [5.41, 5.74) is 1.32. The fourth-order valence-electron chi connectivity index (χ4n) is 2.68. The van der Waals surface area contributed by atoms with Gasteiger partial charge in [-0.15, -0.1) is 0 Å². The van der Waals surface area contributed by atoms with Crippen LogP contribution in [-0.2, 0) is 0 Å². The number of rotatable bonds is 5. The van der Waals surface area contributed by atoms with Gasteiger partial charge in [0.25, 0.3) is 5.69 Å². The number of hydrogen-bond acceptors (Lipinski definition) is 6. The molecule has 0 saturated heterocycles. The van der Waals surface area contributed by atoms with Gasteiger partial charge in [-0.05, 0) is 54.7 Å². The Hall–Kier alpha value is -3.27. The molecule has 0 saturated carbocycles. The molecule has 0 unspecified atom stereocenters. The maximum Gasteiger partial charge on any atom is 0.269 e. The number of nitro groups is 1. The fourth-order valence-corrected chi connectivity index (χ4v) is 3.36. The van der Waals surface area contributed by atoms with Crippen LogP contribution < -0.4 is 0 Å². The molecule has 0 aliphatic carbocycles. The standard InChI is InChI=1S/C19H11Cl2N5O3S/c20-12-3-7-15(16(21)9-12)18-23-24-19(30)25(18)22-10-14-6-8-17(29-14)11-1-4-13(5-2-11)26(27)28/h1-10H,(H,24,30)/b22-10+. The normalized spacial score (nSPS) is 11.3. The number of furan rings is 1. The molecule has 4 rings (SSSR count). The van der Waals surface area contributed by atoms with Crippen molar-refractivity contribution in [1.82, 2.24) is 14.9 Å². The second-order valence-electron chi connectivity index (χ2n) is 6.04. The lowest BCUT2D eigenvalue weighted by Gasteiger charge is -2.03. The molecule has 0 fully saturated rings. The average molecular weight is 460 g/mol. The summed E-state index contributed by atoms with van der Waals surface area (Å²) in [4.78, 5) is 10.3. The average Bonchev–Trinajstić information content (AvgIpc) is 3.33. The van der Waals surface area contributed by atoms with E-state index in [2.05, 4.69) is 15.3 Å². The Morgan fingerprint density at radius 3 is 2.63 bits per heavy atom. The SMILES string of the molecule is O=[N+]([O-])c1ccc(-c2ccc(/C=N/n3c(-c4ccc(Cl)cc4Cl)n[nH]c3=S)o2)cc1. The summed E-state index contributed by atoms with van der Waals surface area (Å²) in [5.74, 6) is 1.42. The first-order chi connectivity index (χ1) is 14.4. The molecule has 2 heterocycles. The summed E-state index contributed by atoms with van der Waals surface area (Å²) in [7, 11) is 0. The van der Waals surface area contributed by atoms with Gasteiger partial charge in [-0.1, -0.05) is 23.2 Å². The van der Waals surface area contributed by atoms with Gasteiger partial charge in [0.1, 0.15) is 11.5 Å². The summed E-state index contributed by atoms with van der Waals surface area (Å²) in [6.45, 7) is 0. The summed E-state index contributed by atoms with van der Waals surface area (Å²) >= 11 is 17.5. The van der Waals surface area contributed by atoms with Crippen molar-refractivity contribution in [2.45, 2.75) is 0 Å². The van der Waals surface area contributed by atoms with Crippen molar-refractivity contribution in [3.63, 3.8) is 0 Å². The highest BCUT2D eigenvalue weighted by Crippen LogP contribution is 2.29. The molecule has 0 amide bonds. The summed E-state index contributed by atoms with van der Waals surface area (Å²) in [5, 5.41) is 22.9. The van der Waals surface area contributed by atoms with E-state index in [4.69, 9.17) is 39.8 Å². The smallest absolute Gasteiger partial charge is 0.269 e. The minimum Gasteiger partial charge on any atom is -0.455 e. The molecule has 150 valence electrons. The molecule has 1 N–H and O–H groups in total. The number of benzene rings is 2. The molecule has 0 bridgehead atoms. The number of hydrogen-bond donors (Lipinski definition) is 1. The van der Waals surface area contributed by atoms with E-state index < -0.39 is 4.92 Å². The number of nitrogens with zero attached hydrogens (tertiary/aromatic N) is 4. The summed E-state index contributed by atoms with van der Waals surface area (Å²) in [6, 6.07) is 14.5. The van der Waals surface area contributed by atoms with Crippen LogP contribution in [0.1, 0.15) is 5.76 Å². The quantitative estimate of drug-likeness (QED) is 0.171. The predicted octanol–water partition coefficient (Wildman–Crippen LogP) is 5.96. The van der Waals surface area contributed by atoms with E-state index in [0.29, 0.717) is 38.5 Å². The van der Waals surface area contributed by atoms with Gasteiger partial charge in [-0.25, -0.2) is 5.10 Å². The van der Waals surface area contributed by atoms with E-state index in [1.54, 1.807) is 42.5 Å². The fraction of sp³-hybridized carbons (Fsp3) is 0. The topological polar surface area (TPSA) is 102 Å². The minimum atomic E-state index is -0.455. The van der Waals surface area contributed by atoms with Crippen molar-refractivity contribution in [2.75, 3.05) is 0 Å². The van der Waals surface area contributed by atoms with Gasteiger partial charge < -0.3 is 4.42 Å². The molecule has 2 aromatic heterocycles. The third-order valence-electron chi connectivity index (χ3n) is 4.11. The van der Waals surface area contributed by atoms with Crippen LogP contribution in [0.25, 0.3) is 22.7 Å². The van der Waals surface area contributed by atoms with E-state index in [1.807, 2.05) is 0 Å². The van der Waals surface area contributed by atoms with E-state index in [9.17, 15) is 10.1 Å². The van der Waals surface area contributed by atoms with Crippen molar-refractivity contribution in [3.05, 3.63) is 85.3 Å². The van der Waals surface area contributed by atoms with E-state index in [0.717, 1.165) is 0 Å². The maximum absolute atomic E-state index is 10.8. The van der Waals surface area contributed by atoms with Gasteiger partial charge in [0, 0.05) is 28.3 Å². The summed E-state index contributed by atoms with van der Waals surface area (Å²) < 4.78 is 7.44. The predicted molar refractivity (Wildman–Crippen MR) is 117 cm³/mol. The molecule has 2 aromatic carbocycles. The lowest BCUT2D eigenvalue weighted by atomic mass is 10.1. The Kier molecular flexibility index (Phi) is 5.49. The van der Waals surface area contributed by atoms with Crippen molar-refractivity contribution in [3.8, 4) is 22.7 Å². The van der Waals surface area contributed by atoms with Crippen molar-refractivity contribution >= 4 is 47.3 Å². The van der Waals surface area contributed by atoms with Gasteiger partial charge in [0.05, 0.1) is 16.2 Å². The number of aromatic nitrogens is 3. The largest absolute Gasteiger partial charge is 0.455 e. The first-order valence-electron chi connectivity index (χ1n) is 8.44. The van der Waals surface area contributed by atoms with Gasteiger partial charge in [-0.2, -0.15) is 14.9 Å². The Labute approximate surface area is 184 Å². The van der Waals surface area contributed by atoms with Crippen LogP contribution in [0.15, 0.2) is 64.1 Å². The van der Waals surface area contributed by atoms with Gasteiger partial charge in [-0.3, -0.25) is 10.1 Å². The molecule has 30 heavy (non-hydrogen) atoms. The van der Waals surface area contributed by atoms with Crippen LogP contribution in [0.2, 0.25) is 10.0 Å². The number of aromatic amines is 1. The number of nitrogens with one attached hydrogen (secondary N) is 1. The highest BCUT2D eigenvalue weighted by atomic mass is 35.5. The highest BCUT2D eigenvalue weighted by Gasteiger charge is 2.13. The highest BCUT2D eigenvalue weighted by molar-refractivity contribution is 7.71. The molecular weight excluding hydrogens is 449 g/mol. The lowest BCUT2D eigenvalue weighted by molar-refractivity contribution is -0.384. The van der Waals surface area contributed by atoms with Crippen LogP contribution in [0.5, 0.6) is 0 Å². The Balaban J connectivity index is 1.62.